The Morgan fingerprint density at radius 3 is 2.93 bits per heavy atom. The number of thioether (sulfide) groups is 1. The monoisotopic (exact) mass is 437 g/mol. The Kier molecular flexibility index (Phi) is 7.80. The van der Waals surface area contributed by atoms with Gasteiger partial charge in [0.15, 0.2) is 4.34 Å². The number of anilines is 1. The van der Waals surface area contributed by atoms with E-state index in [1.807, 2.05) is 17.5 Å². The molecule has 0 unspecified atom stereocenters. The van der Waals surface area contributed by atoms with E-state index < -0.39 is 0 Å². The summed E-state index contributed by atoms with van der Waals surface area (Å²) in [5, 5.41) is 7.22. The number of carbonyl (C=O) groups excluding carboxylic acids is 2. The highest BCUT2D eigenvalue weighted by Gasteiger charge is 2.10. The lowest BCUT2D eigenvalue weighted by atomic mass is 10.3. The van der Waals surface area contributed by atoms with Gasteiger partial charge in [-0.25, -0.2) is 4.98 Å². The van der Waals surface area contributed by atoms with Crippen molar-refractivity contribution in [2.24, 2.45) is 0 Å². The topological polar surface area (TPSA) is 89.6 Å². The van der Waals surface area contributed by atoms with Crippen molar-refractivity contribution < 1.29 is 19.1 Å². The maximum Gasteiger partial charge on any atom is 0.261 e. The molecule has 2 heterocycles. The predicted molar refractivity (Wildman–Crippen MR) is 113 cm³/mol. The third-order valence-electron chi connectivity index (χ3n) is 3.50. The summed E-state index contributed by atoms with van der Waals surface area (Å²) in [4.78, 5) is 29.1. The van der Waals surface area contributed by atoms with Crippen LogP contribution in [0, 0.1) is 0 Å². The molecule has 0 fully saturated rings. The van der Waals surface area contributed by atoms with E-state index in [0.29, 0.717) is 29.7 Å². The molecule has 1 aromatic carbocycles. The summed E-state index contributed by atoms with van der Waals surface area (Å²) in [6.45, 7) is 1.03. The Morgan fingerprint density at radius 1 is 1.25 bits per heavy atom. The highest BCUT2D eigenvalue weighted by atomic mass is 32.2. The predicted octanol–water partition coefficient (Wildman–Crippen LogP) is 3.44. The Balaban J connectivity index is 1.50. The smallest absolute Gasteiger partial charge is 0.261 e. The van der Waals surface area contributed by atoms with Crippen LogP contribution in [0.1, 0.15) is 9.67 Å². The van der Waals surface area contributed by atoms with Crippen molar-refractivity contribution in [3.63, 3.8) is 0 Å². The lowest BCUT2D eigenvalue weighted by Gasteiger charge is -2.06. The second-order valence-corrected chi connectivity index (χ2v) is 8.68. The number of amides is 2. The first-order valence-corrected chi connectivity index (χ1v) is 11.1. The third kappa shape index (κ3) is 6.01. The molecule has 2 amide bonds. The van der Waals surface area contributed by atoms with Gasteiger partial charge < -0.3 is 20.1 Å². The summed E-state index contributed by atoms with van der Waals surface area (Å²) in [5.74, 6) is -0.0242. The maximum atomic E-state index is 12.1. The summed E-state index contributed by atoms with van der Waals surface area (Å²) >= 11 is 4.40. The Bertz CT molecular complexity index is 927. The first kappa shape index (κ1) is 20.7. The van der Waals surface area contributed by atoms with Crippen LogP contribution in [-0.4, -0.2) is 49.6 Å². The number of ether oxygens (including phenoxy) is 2. The number of thiophene rings is 1. The van der Waals surface area contributed by atoms with Crippen molar-refractivity contribution in [3.05, 3.63) is 40.6 Å². The molecule has 0 bridgehead atoms. The maximum absolute atomic E-state index is 12.1. The minimum absolute atomic E-state index is 0.0859. The van der Waals surface area contributed by atoms with Crippen LogP contribution in [-0.2, 0) is 14.3 Å². The fourth-order valence-electron chi connectivity index (χ4n) is 2.20. The van der Waals surface area contributed by atoms with Crippen molar-refractivity contribution in [3.8, 4) is 0 Å². The lowest BCUT2D eigenvalue weighted by molar-refractivity contribution is -0.115. The molecule has 10 heteroatoms. The van der Waals surface area contributed by atoms with Crippen LogP contribution >= 0.6 is 34.4 Å². The molecule has 7 nitrogen and oxygen atoms in total. The molecule has 0 radical (unpaired) electrons. The molecule has 0 atom stereocenters. The molecule has 3 rings (SSSR count). The number of thiazole rings is 1. The van der Waals surface area contributed by atoms with E-state index in [1.165, 1.54) is 34.4 Å². The lowest BCUT2D eigenvalue weighted by Crippen LogP contribution is -2.32. The number of nitrogens with zero attached hydrogens (tertiary/aromatic N) is 1. The number of hydrogen-bond acceptors (Lipinski definition) is 8. The average molecular weight is 438 g/mol. The summed E-state index contributed by atoms with van der Waals surface area (Å²) < 4.78 is 12.2. The normalized spacial score (nSPS) is 10.9. The van der Waals surface area contributed by atoms with Gasteiger partial charge in [0.05, 0.1) is 40.8 Å². The van der Waals surface area contributed by atoms with Crippen LogP contribution in [0.3, 0.4) is 0 Å². The molecule has 3 aromatic rings. The van der Waals surface area contributed by atoms with Crippen molar-refractivity contribution in [1.82, 2.24) is 10.3 Å². The van der Waals surface area contributed by atoms with Gasteiger partial charge in [-0.05, 0) is 29.6 Å². The van der Waals surface area contributed by atoms with Crippen molar-refractivity contribution in [2.75, 3.05) is 38.1 Å². The quantitative estimate of drug-likeness (QED) is 0.287. The Hall–Kier alpha value is -1.98. The van der Waals surface area contributed by atoms with Crippen LogP contribution in [0.2, 0.25) is 0 Å². The van der Waals surface area contributed by atoms with Gasteiger partial charge in [0.1, 0.15) is 0 Å². The van der Waals surface area contributed by atoms with E-state index in [9.17, 15) is 9.59 Å². The second kappa shape index (κ2) is 10.5. The van der Waals surface area contributed by atoms with Crippen LogP contribution in [0.4, 0.5) is 5.69 Å². The highest BCUT2D eigenvalue weighted by molar-refractivity contribution is 8.01. The number of rotatable bonds is 10. The van der Waals surface area contributed by atoms with Crippen molar-refractivity contribution >= 4 is 62.2 Å². The largest absolute Gasteiger partial charge is 0.382 e. The molecule has 0 aliphatic carbocycles. The van der Waals surface area contributed by atoms with Gasteiger partial charge in [0.2, 0.25) is 5.91 Å². The van der Waals surface area contributed by atoms with Gasteiger partial charge in [0.25, 0.3) is 5.91 Å². The molecule has 0 saturated carbocycles. The highest BCUT2D eigenvalue weighted by Crippen LogP contribution is 2.31. The van der Waals surface area contributed by atoms with Crippen LogP contribution in [0.15, 0.2) is 40.1 Å². The summed E-state index contributed by atoms with van der Waals surface area (Å²) in [6, 6.07) is 9.05. The van der Waals surface area contributed by atoms with Crippen molar-refractivity contribution in [2.45, 2.75) is 4.34 Å². The van der Waals surface area contributed by atoms with E-state index in [4.69, 9.17) is 9.47 Å². The summed E-state index contributed by atoms with van der Waals surface area (Å²) in [7, 11) is 1.64. The van der Waals surface area contributed by atoms with Gasteiger partial charge in [-0.15, -0.1) is 22.7 Å². The van der Waals surface area contributed by atoms with E-state index in [0.717, 1.165) is 14.6 Å². The minimum Gasteiger partial charge on any atom is -0.382 e. The van der Waals surface area contributed by atoms with E-state index in [-0.39, 0.29) is 18.4 Å². The number of methoxy groups -OCH3 is 1. The zero-order chi connectivity index (χ0) is 19.8. The van der Waals surface area contributed by atoms with Crippen LogP contribution in [0.25, 0.3) is 10.2 Å². The molecule has 0 aliphatic rings. The number of nitrogens with one attached hydrogen (secondary N) is 2. The van der Waals surface area contributed by atoms with Gasteiger partial charge in [-0.1, -0.05) is 17.8 Å². The van der Waals surface area contributed by atoms with Gasteiger partial charge in [0, 0.05) is 12.8 Å². The molecule has 0 saturated heterocycles. The SMILES string of the molecule is COCCOCSc1nc2ccc(NC(=O)CNC(=O)c3cccs3)cc2s1. The second-order valence-electron chi connectivity index (χ2n) is 5.53. The number of carbonyl (C=O) groups is 2. The third-order valence-corrected chi connectivity index (χ3v) is 6.41. The van der Waals surface area contributed by atoms with E-state index in [2.05, 4.69) is 15.6 Å². The molecule has 0 aliphatic heterocycles. The fourth-order valence-corrected chi connectivity index (χ4v) is 4.69. The van der Waals surface area contributed by atoms with Gasteiger partial charge in [-0.3, -0.25) is 9.59 Å². The Labute approximate surface area is 174 Å². The summed E-state index contributed by atoms with van der Waals surface area (Å²) in [6.07, 6.45) is 0. The molecule has 148 valence electrons. The zero-order valence-corrected chi connectivity index (χ0v) is 17.5. The van der Waals surface area contributed by atoms with Crippen LogP contribution in [0.5, 0.6) is 0 Å². The van der Waals surface area contributed by atoms with E-state index in [1.54, 1.807) is 25.3 Å². The first-order chi connectivity index (χ1) is 13.7. The molecule has 2 aromatic heterocycles. The molecular formula is C18H19N3O4S3. The fraction of sp³-hybridized carbons (Fsp3) is 0.278. The molecular weight excluding hydrogens is 418 g/mol. The van der Waals surface area contributed by atoms with Gasteiger partial charge in [-0.2, -0.15) is 0 Å². The number of aromatic nitrogens is 1. The van der Waals surface area contributed by atoms with Crippen LogP contribution < -0.4 is 10.6 Å². The first-order valence-electron chi connectivity index (χ1n) is 8.37. The molecule has 2 N–H and O–H groups in total. The molecule has 0 spiro atoms. The number of benzene rings is 1. The minimum atomic E-state index is -0.282. The zero-order valence-electron chi connectivity index (χ0n) is 15.1. The van der Waals surface area contributed by atoms with E-state index >= 15 is 0 Å². The summed E-state index contributed by atoms with van der Waals surface area (Å²) in [5.41, 5.74) is 1.54. The average Bonchev–Trinajstić information content (AvgIpc) is 3.35. The number of hydrogen-bond donors (Lipinski definition) is 2. The van der Waals surface area contributed by atoms with Crippen molar-refractivity contribution in [1.29, 1.82) is 0 Å². The molecule has 28 heavy (non-hydrogen) atoms. The van der Waals surface area contributed by atoms with Gasteiger partial charge >= 0.3 is 0 Å². The number of fused-ring (bicyclic) bond motifs is 1. The standard InChI is InChI=1S/C18H19N3O4S3/c1-24-6-7-25-11-27-18-21-13-5-4-12(9-15(13)28-18)20-16(22)10-19-17(23)14-3-2-8-26-14/h2-5,8-9H,6-7,10-11H2,1H3,(H,19,23)(H,20,22). The Morgan fingerprint density at radius 2 is 2.14 bits per heavy atom.